The van der Waals surface area contributed by atoms with Crippen molar-refractivity contribution in [2.45, 2.75) is 104 Å². The van der Waals surface area contributed by atoms with E-state index in [1.165, 1.54) is 61.7 Å². The summed E-state index contributed by atoms with van der Waals surface area (Å²) in [4.78, 5) is 43.0. The Hall–Kier alpha value is -4.37. The van der Waals surface area contributed by atoms with E-state index in [1.807, 2.05) is 26.0 Å². The van der Waals surface area contributed by atoms with Crippen molar-refractivity contribution in [2.24, 2.45) is 11.1 Å². The van der Waals surface area contributed by atoms with Crippen LogP contribution in [0.3, 0.4) is 0 Å². The molecule has 5 rings (SSSR count). The van der Waals surface area contributed by atoms with E-state index in [0.29, 0.717) is 6.54 Å². The fraction of sp³-hybridized carbons (Fsp3) is 0.475. The van der Waals surface area contributed by atoms with Gasteiger partial charge in [-0.05, 0) is 89.2 Å². The van der Waals surface area contributed by atoms with Crippen LogP contribution in [0.1, 0.15) is 95.0 Å². The monoisotopic (exact) mass is 672 g/mol. The summed E-state index contributed by atoms with van der Waals surface area (Å²) < 4.78 is 2.29. The lowest BCUT2D eigenvalue weighted by atomic mass is 9.86. The lowest BCUT2D eigenvalue weighted by molar-refractivity contribution is -0.148. The van der Waals surface area contributed by atoms with Crippen LogP contribution in [-0.4, -0.2) is 57.5 Å². The summed E-state index contributed by atoms with van der Waals surface area (Å²) >= 11 is 0. The number of amides is 2. The van der Waals surface area contributed by atoms with E-state index in [9.17, 15) is 14.4 Å². The van der Waals surface area contributed by atoms with Gasteiger partial charge in [0, 0.05) is 54.0 Å². The molecule has 0 spiro atoms. The highest BCUT2D eigenvalue weighted by molar-refractivity contribution is 6.31. The van der Waals surface area contributed by atoms with E-state index in [2.05, 4.69) is 96.5 Å². The van der Waals surface area contributed by atoms with Gasteiger partial charge in [0.2, 0.25) is 0 Å². The number of rotatable bonds is 11. The molecule has 3 heterocycles. The summed E-state index contributed by atoms with van der Waals surface area (Å²) in [7, 11) is 0. The van der Waals surface area contributed by atoms with Crippen LogP contribution in [0.5, 0.6) is 0 Å². The first-order chi connectivity index (χ1) is 23.6. The molecule has 2 N–H and O–H groups in total. The molecule has 2 fully saturated rings. The van der Waals surface area contributed by atoms with Crippen molar-refractivity contribution in [1.29, 1.82) is 0 Å². The molecule has 2 bridgehead atoms. The number of carbonyl (C=O) groups is 3. The molecule has 2 unspecified atom stereocenters. The smallest absolute Gasteiger partial charge is 0.400 e. The van der Waals surface area contributed by atoms with Gasteiger partial charge in [-0.15, -0.1) is 18.1 Å². The Morgan fingerprint density at radius 3 is 2.08 bits per heavy atom. The van der Waals surface area contributed by atoms with E-state index < -0.39 is 11.9 Å². The van der Waals surface area contributed by atoms with Crippen molar-refractivity contribution in [2.75, 3.05) is 13.1 Å². The molecule has 1 aromatic heterocycles. The molecule has 0 saturated carbocycles. The van der Waals surface area contributed by atoms with Crippen LogP contribution in [-0.2, 0) is 22.6 Å². The molecule has 3 aromatic rings. The number of carboxylic acids is 1. The van der Waals surface area contributed by atoms with Crippen LogP contribution >= 0.6 is 0 Å². The minimum atomic E-state index is -1.82. The van der Waals surface area contributed by atoms with Gasteiger partial charge in [0.25, 0.3) is 5.91 Å². The second-order valence-electron chi connectivity index (χ2n) is 12.7. The lowest BCUT2D eigenvalue weighted by Gasteiger charge is -2.39. The van der Waals surface area contributed by atoms with Crippen LogP contribution in [0.4, 0.5) is 0 Å². The zero-order chi connectivity index (χ0) is 36.2. The van der Waals surface area contributed by atoms with Crippen LogP contribution in [0, 0.1) is 10.8 Å². The largest absolute Gasteiger partial charge is 0.474 e. The predicted molar refractivity (Wildman–Crippen MR) is 200 cm³/mol. The van der Waals surface area contributed by atoms with Gasteiger partial charge in [-0.2, -0.15) is 0 Å². The van der Waals surface area contributed by atoms with Gasteiger partial charge in [0.05, 0.1) is 5.56 Å². The Morgan fingerprint density at radius 1 is 0.980 bits per heavy atom. The maximum Gasteiger partial charge on any atom is 0.400 e. The number of carboxylic acid groups (broad SMARTS) is 1. The number of hydrogen-bond donors (Lipinski definition) is 2. The first-order valence-corrected chi connectivity index (χ1v) is 17.6. The number of aliphatic carboxylic acids is 1. The molecule has 2 aromatic carbocycles. The number of hydrogen-bond acceptors (Lipinski definition) is 5. The van der Waals surface area contributed by atoms with Crippen LogP contribution < -0.4 is 5.32 Å². The average Bonchev–Trinajstić information content (AvgIpc) is 3.60. The summed E-state index contributed by atoms with van der Waals surface area (Å²) in [5.74, 6) is -2.58. The number of nitrogens with zero attached hydrogens (tertiary/aromatic N) is 3. The minimum Gasteiger partial charge on any atom is -0.474 e. The summed E-state index contributed by atoms with van der Waals surface area (Å²) in [5.41, 5.74) is 4.70. The number of piperidine rings is 1. The number of aromatic nitrogens is 1. The highest BCUT2D eigenvalue weighted by atomic mass is 16.4. The van der Waals surface area contributed by atoms with Crippen molar-refractivity contribution in [1.82, 2.24) is 14.8 Å². The molecule has 2 atom stereocenters. The van der Waals surface area contributed by atoms with Gasteiger partial charge in [-0.25, -0.2) is 4.79 Å². The maximum atomic E-state index is 12.5. The van der Waals surface area contributed by atoms with Crippen LogP contribution in [0.25, 0.3) is 10.9 Å². The van der Waals surface area contributed by atoms with E-state index in [0.717, 1.165) is 54.8 Å². The molecular formula is C40H56N4O5. The summed E-state index contributed by atoms with van der Waals surface area (Å²) in [5, 5.41) is 13.2. The number of benzene rings is 2. The zero-order valence-corrected chi connectivity index (χ0v) is 29.9. The molecule has 2 amide bonds. The molecule has 0 radical (unpaired) electrons. The number of carbonyl (C=O) groups excluding carboxylic acids is 2. The van der Waals surface area contributed by atoms with E-state index in [4.69, 9.17) is 10.0 Å². The van der Waals surface area contributed by atoms with Crippen molar-refractivity contribution in [3.63, 3.8) is 0 Å². The van der Waals surface area contributed by atoms with E-state index >= 15 is 0 Å². The number of allylic oxidation sites excluding steroid dienone is 2. The standard InChI is InChI=1S/C29H37N3O.C5H10.C4H8.C2HNO4/c1-2-30-29(33)27-21-31(28-12-7-6-11-26(27)28)17-8-18-32-24-15-16-25(32)20-23(19-24)14-13-22-9-4-3-5-10-22;1-4-5(2)3;1-3-4-2;4-1(3-7)2(5)6/h3-7,9-12,21,23-25H,2,8,13-20H2,1H3,(H,30,33);2,4H2,1,3H3;3H,1,4H2,2H3;(H,5,6). The van der Waals surface area contributed by atoms with Gasteiger partial charge in [0.15, 0.2) is 0 Å². The first kappa shape index (κ1) is 40.8. The minimum absolute atomic E-state index is 0.0306. The van der Waals surface area contributed by atoms with Crippen molar-refractivity contribution in [3.05, 3.63) is 102 Å². The second kappa shape index (κ2) is 22.3. The average molecular weight is 673 g/mol. The van der Waals surface area contributed by atoms with Gasteiger partial charge >= 0.3 is 11.9 Å². The predicted octanol–water partition coefficient (Wildman–Crippen LogP) is 8.58. The molecule has 2 saturated heterocycles. The normalized spacial score (nSPS) is 17.6. The Morgan fingerprint density at radius 2 is 1.57 bits per heavy atom. The third-order valence-corrected chi connectivity index (χ3v) is 9.01. The second-order valence-corrected chi connectivity index (χ2v) is 12.7. The molecule has 2 aliphatic rings. The Labute approximate surface area is 292 Å². The SMILES string of the molecule is C=C(C)CC.C=CCC.CCNC(=O)c1cn(CCCN2C3CCC2CC(CCc2ccccc2)C3)c2ccccc12.O=NC(=O)C(=O)O. The third kappa shape index (κ3) is 13.6. The molecule has 266 valence electrons. The maximum absolute atomic E-state index is 12.5. The van der Waals surface area contributed by atoms with Gasteiger partial charge in [-0.3, -0.25) is 14.5 Å². The van der Waals surface area contributed by atoms with Gasteiger partial charge in [0.1, 0.15) is 0 Å². The molecule has 49 heavy (non-hydrogen) atoms. The molecule has 9 heteroatoms. The van der Waals surface area contributed by atoms with Gasteiger partial charge in [-0.1, -0.05) is 74.0 Å². The fourth-order valence-corrected chi connectivity index (χ4v) is 6.33. The van der Waals surface area contributed by atoms with Crippen LogP contribution in [0.2, 0.25) is 0 Å². The van der Waals surface area contributed by atoms with Crippen molar-refractivity contribution < 1.29 is 19.5 Å². The fourth-order valence-electron chi connectivity index (χ4n) is 6.33. The Kier molecular flexibility index (Phi) is 18.6. The first-order valence-electron chi connectivity index (χ1n) is 17.6. The Bertz CT molecular complexity index is 1480. The molecule has 2 aliphatic heterocycles. The van der Waals surface area contributed by atoms with Crippen molar-refractivity contribution >= 4 is 28.7 Å². The number of para-hydroxylation sites is 1. The van der Waals surface area contributed by atoms with E-state index in [-0.39, 0.29) is 5.91 Å². The summed E-state index contributed by atoms with van der Waals surface area (Å²) in [6, 6.07) is 20.8. The van der Waals surface area contributed by atoms with Crippen molar-refractivity contribution in [3.8, 4) is 0 Å². The van der Waals surface area contributed by atoms with E-state index in [1.54, 1.807) is 5.18 Å². The number of fused-ring (bicyclic) bond motifs is 3. The molecule has 0 aliphatic carbocycles. The number of nitrogens with one attached hydrogen (secondary N) is 1. The summed E-state index contributed by atoms with van der Waals surface area (Å²) in [6.07, 6.45) is 15.3. The molecular weight excluding hydrogens is 616 g/mol. The van der Waals surface area contributed by atoms with Gasteiger partial charge < -0.3 is 15.0 Å². The quantitative estimate of drug-likeness (QED) is 0.120. The topological polar surface area (TPSA) is 121 Å². The zero-order valence-electron chi connectivity index (χ0n) is 29.9. The Balaban J connectivity index is 0.000000435. The number of nitroso groups, excluding NO2 is 1. The lowest BCUT2D eigenvalue weighted by Crippen LogP contribution is -2.43. The van der Waals surface area contributed by atoms with Crippen LogP contribution in [0.15, 0.2) is 90.8 Å². The summed E-state index contributed by atoms with van der Waals surface area (Å²) in [6.45, 7) is 18.1. The highest BCUT2D eigenvalue weighted by Crippen LogP contribution is 2.40. The highest BCUT2D eigenvalue weighted by Gasteiger charge is 2.39. The number of aryl methyl sites for hydroxylation is 2. The third-order valence-electron chi connectivity index (χ3n) is 9.01. The molecule has 9 nitrogen and oxygen atoms in total.